The molecule has 0 bridgehead atoms. The van der Waals surface area contributed by atoms with Crippen LogP contribution in [0.1, 0.15) is 56.1 Å². The normalized spacial score (nSPS) is 19.8. The molecule has 0 aromatic heterocycles. The molecule has 186 valence electrons. The van der Waals surface area contributed by atoms with Gasteiger partial charge < -0.3 is 20.5 Å². The van der Waals surface area contributed by atoms with E-state index in [1.165, 1.54) is 11.1 Å². The van der Waals surface area contributed by atoms with Crippen molar-refractivity contribution in [2.75, 3.05) is 19.7 Å². The van der Waals surface area contributed by atoms with E-state index in [-0.39, 0.29) is 42.6 Å². The molecule has 0 radical (unpaired) electrons. The molecule has 3 N–H and O–H groups in total. The molecule has 2 aromatic carbocycles. The lowest BCUT2D eigenvalue weighted by molar-refractivity contribution is -0.145. The number of ether oxygens (including phenoxy) is 1. The van der Waals surface area contributed by atoms with Crippen molar-refractivity contribution in [3.63, 3.8) is 0 Å². The fourth-order valence-corrected chi connectivity index (χ4v) is 5.39. The van der Waals surface area contributed by atoms with Crippen LogP contribution in [0, 0.1) is 17.8 Å². The number of hydrogen-bond donors (Lipinski definition) is 3. The minimum atomic E-state index is -0.774. The van der Waals surface area contributed by atoms with Crippen molar-refractivity contribution in [2.45, 2.75) is 44.9 Å². The molecule has 3 atom stereocenters. The highest BCUT2D eigenvalue weighted by molar-refractivity contribution is 5.79. The Labute approximate surface area is 206 Å². The van der Waals surface area contributed by atoms with Crippen LogP contribution >= 0.6 is 0 Å². The summed E-state index contributed by atoms with van der Waals surface area (Å²) < 4.78 is 5.55. The summed E-state index contributed by atoms with van der Waals surface area (Å²) in [5.74, 6) is -1.36. The summed E-state index contributed by atoms with van der Waals surface area (Å²) in [6, 6.07) is 16.4. The SMILES string of the molecule is CC(CNC(=O)OCC1c2ccccc2-c2ccccc21)CC(=O)NCC1CCCCC1C(=O)O. The molecule has 2 aliphatic carbocycles. The number of carboxylic acids is 1. The number of carbonyl (C=O) groups excluding carboxylic acids is 2. The Balaban J connectivity index is 1.19. The number of amides is 2. The minimum Gasteiger partial charge on any atom is -0.481 e. The van der Waals surface area contributed by atoms with Gasteiger partial charge in [0.05, 0.1) is 5.92 Å². The standard InChI is InChI=1S/C28H34N2O5/c1-18(14-26(31)29-16-19-8-2-3-9-20(19)27(32)33)15-30-28(34)35-17-25-23-12-6-4-10-21(23)22-11-5-7-13-24(22)25/h4-7,10-13,18-20,25H,2-3,8-9,14-17H2,1H3,(H,29,31)(H,30,34)(H,32,33). The van der Waals surface area contributed by atoms with Gasteiger partial charge >= 0.3 is 12.1 Å². The summed E-state index contributed by atoms with van der Waals surface area (Å²) in [5.41, 5.74) is 4.68. The molecule has 1 saturated carbocycles. The maximum Gasteiger partial charge on any atom is 0.407 e. The van der Waals surface area contributed by atoms with Crippen molar-refractivity contribution < 1.29 is 24.2 Å². The number of hydrogen-bond acceptors (Lipinski definition) is 4. The summed E-state index contributed by atoms with van der Waals surface area (Å²) in [7, 11) is 0. The molecule has 0 spiro atoms. The van der Waals surface area contributed by atoms with E-state index in [4.69, 9.17) is 4.74 Å². The predicted molar refractivity (Wildman–Crippen MR) is 133 cm³/mol. The molecule has 0 saturated heterocycles. The van der Waals surface area contributed by atoms with Crippen molar-refractivity contribution in [2.24, 2.45) is 17.8 Å². The van der Waals surface area contributed by atoms with Crippen molar-refractivity contribution in [3.8, 4) is 11.1 Å². The molecule has 2 amide bonds. The second-order valence-corrected chi connectivity index (χ2v) is 9.81. The van der Waals surface area contributed by atoms with Crippen LogP contribution in [0.5, 0.6) is 0 Å². The van der Waals surface area contributed by atoms with Crippen molar-refractivity contribution >= 4 is 18.0 Å². The molecule has 7 heteroatoms. The maximum atomic E-state index is 12.4. The van der Waals surface area contributed by atoms with Crippen LogP contribution in [0.4, 0.5) is 4.79 Å². The molecule has 35 heavy (non-hydrogen) atoms. The van der Waals surface area contributed by atoms with Gasteiger partial charge in [-0.05, 0) is 46.9 Å². The van der Waals surface area contributed by atoms with Crippen LogP contribution in [0.3, 0.4) is 0 Å². The first-order valence-electron chi connectivity index (χ1n) is 12.5. The second kappa shape index (κ2) is 11.4. The quantitative estimate of drug-likeness (QED) is 0.490. The van der Waals surface area contributed by atoms with Crippen molar-refractivity contribution in [1.29, 1.82) is 0 Å². The molecule has 4 rings (SSSR count). The maximum absolute atomic E-state index is 12.4. The van der Waals surface area contributed by atoms with Gasteiger partial charge in [-0.15, -0.1) is 0 Å². The van der Waals surface area contributed by atoms with E-state index >= 15 is 0 Å². The summed E-state index contributed by atoms with van der Waals surface area (Å²) in [6.45, 7) is 2.86. The van der Waals surface area contributed by atoms with Gasteiger partial charge in [-0.1, -0.05) is 68.3 Å². The molecule has 7 nitrogen and oxygen atoms in total. The van der Waals surface area contributed by atoms with Gasteiger partial charge in [0.2, 0.25) is 5.91 Å². The van der Waals surface area contributed by atoms with Crippen molar-refractivity contribution in [1.82, 2.24) is 10.6 Å². The predicted octanol–water partition coefficient (Wildman–Crippen LogP) is 4.56. The van der Waals surface area contributed by atoms with Gasteiger partial charge in [0.15, 0.2) is 0 Å². The van der Waals surface area contributed by atoms with E-state index in [9.17, 15) is 19.5 Å². The Morgan fingerprint density at radius 3 is 2.26 bits per heavy atom. The molecule has 2 aliphatic rings. The average molecular weight is 479 g/mol. The monoisotopic (exact) mass is 478 g/mol. The summed E-state index contributed by atoms with van der Waals surface area (Å²) >= 11 is 0. The highest BCUT2D eigenvalue weighted by Crippen LogP contribution is 2.44. The lowest BCUT2D eigenvalue weighted by Gasteiger charge is -2.28. The molecular formula is C28H34N2O5. The number of alkyl carbamates (subject to hydrolysis) is 1. The molecule has 1 fully saturated rings. The zero-order valence-corrected chi connectivity index (χ0v) is 20.2. The molecule has 2 aromatic rings. The number of fused-ring (bicyclic) bond motifs is 3. The number of carbonyl (C=O) groups is 3. The third kappa shape index (κ3) is 6.02. The lowest BCUT2D eigenvalue weighted by Crippen LogP contribution is -2.38. The molecule has 0 aliphatic heterocycles. The number of carboxylic acid groups (broad SMARTS) is 1. The zero-order chi connectivity index (χ0) is 24.8. The van der Waals surface area contributed by atoms with Crippen LogP contribution in [0.15, 0.2) is 48.5 Å². The van der Waals surface area contributed by atoms with E-state index in [0.29, 0.717) is 19.5 Å². The van der Waals surface area contributed by atoms with E-state index in [0.717, 1.165) is 30.4 Å². The summed E-state index contributed by atoms with van der Waals surface area (Å²) in [6.07, 6.45) is 3.20. The average Bonchev–Trinajstić information content (AvgIpc) is 3.19. The molecule has 0 heterocycles. The van der Waals surface area contributed by atoms with Crippen LogP contribution < -0.4 is 10.6 Å². The Kier molecular flexibility index (Phi) is 8.06. The van der Waals surface area contributed by atoms with Gasteiger partial charge in [0, 0.05) is 25.4 Å². The van der Waals surface area contributed by atoms with Crippen LogP contribution in [-0.4, -0.2) is 42.8 Å². The lowest BCUT2D eigenvalue weighted by atomic mass is 9.79. The number of benzene rings is 2. The van der Waals surface area contributed by atoms with Crippen LogP contribution in [0.2, 0.25) is 0 Å². The number of aliphatic carboxylic acids is 1. The van der Waals surface area contributed by atoms with E-state index in [2.05, 4.69) is 34.9 Å². The fourth-order valence-electron chi connectivity index (χ4n) is 5.39. The third-order valence-corrected chi connectivity index (χ3v) is 7.26. The third-order valence-electron chi connectivity index (χ3n) is 7.26. The molecule has 3 unspecified atom stereocenters. The Morgan fingerprint density at radius 1 is 0.971 bits per heavy atom. The first-order valence-corrected chi connectivity index (χ1v) is 12.5. The van der Waals surface area contributed by atoms with Gasteiger partial charge in [-0.3, -0.25) is 9.59 Å². The zero-order valence-electron chi connectivity index (χ0n) is 20.2. The van der Waals surface area contributed by atoms with Crippen molar-refractivity contribution in [3.05, 3.63) is 59.7 Å². The Hall–Kier alpha value is -3.35. The van der Waals surface area contributed by atoms with Gasteiger partial charge in [0.25, 0.3) is 0 Å². The van der Waals surface area contributed by atoms with Crippen LogP contribution in [0.25, 0.3) is 11.1 Å². The second-order valence-electron chi connectivity index (χ2n) is 9.81. The fraction of sp³-hybridized carbons (Fsp3) is 0.464. The van der Waals surface area contributed by atoms with Gasteiger partial charge in [0.1, 0.15) is 6.61 Å². The van der Waals surface area contributed by atoms with Crippen LogP contribution in [-0.2, 0) is 14.3 Å². The molecular weight excluding hydrogens is 444 g/mol. The highest BCUT2D eigenvalue weighted by atomic mass is 16.5. The number of rotatable bonds is 9. The summed E-state index contributed by atoms with van der Waals surface area (Å²) in [4.78, 5) is 36.1. The summed E-state index contributed by atoms with van der Waals surface area (Å²) in [5, 5.41) is 15.0. The van der Waals surface area contributed by atoms with E-state index < -0.39 is 12.1 Å². The smallest absolute Gasteiger partial charge is 0.407 e. The topological polar surface area (TPSA) is 105 Å². The minimum absolute atomic E-state index is 0.00534. The highest BCUT2D eigenvalue weighted by Gasteiger charge is 2.31. The van der Waals surface area contributed by atoms with E-state index in [1.54, 1.807) is 0 Å². The van der Waals surface area contributed by atoms with Gasteiger partial charge in [-0.2, -0.15) is 0 Å². The Bertz CT molecular complexity index is 1020. The van der Waals surface area contributed by atoms with Gasteiger partial charge in [-0.25, -0.2) is 4.79 Å². The Morgan fingerprint density at radius 2 is 1.60 bits per heavy atom. The first kappa shape index (κ1) is 24.8. The number of nitrogens with one attached hydrogen (secondary N) is 2. The van der Waals surface area contributed by atoms with E-state index in [1.807, 2.05) is 31.2 Å². The largest absolute Gasteiger partial charge is 0.481 e. The first-order chi connectivity index (χ1) is 16.9.